The number of aryl methyl sites for hydroxylation is 1. The number of hydrogen-bond acceptors (Lipinski definition) is 3. The van der Waals surface area contributed by atoms with Crippen molar-refractivity contribution in [1.82, 2.24) is 9.55 Å². The average molecular weight is 197 g/mol. The van der Waals surface area contributed by atoms with Crippen LogP contribution in [0.1, 0.15) is 26.2 Å². The standard InChI is InChI=1S/C10H19N3O/c1-2-13-8-7-12-10(13)11-6-4-3-5-9-14/h7-8,14H,2-6,9H2,1H3,(H,11,12). The summed E-state index contributed by atoms with van der Waals surface area (Å²) in [6.45, 7) is 4.26. The maximum absolute atomic E-state index is 8.59. The minimum atomic E-state index is 0.295. The van der Waals surface area contributed by atoms with Crippen LogP contribution in [0.15, 0.2) is 12.4 Å². The summed E-state index contributed by atoms with van der Waals surface area (Å²) in [6, 6.07) is 0. The van der Waals surface area contributed by atoms with Crippen LogP contribution < -0.4 is 5.32 Å². The molecule has 1 rings (SSSR count). The van der Waals surface area contributed by atoms with E-state index in [1.54, 1.807) is 6.20 Å². The fourth-order valence-electron chi connectivity index (χ4n) is 1.35. The molecule has 4 heteroatoms. The molecule has 0 saturated heterocycles. The second-order valence-electron chi connectivity index (χ2n) is 3.25. The molecule has 0 aliphatic carbocycles. The molecule has 1 aromatic heterocycles. The number of anilines is 1. The number of aliphatic hydroxyl groups is 1. The minimum Gasteiger partial charge on any atom is -0.396 e. The monoisotopic (exact) mass is 197 g/mol. The van der Waals surface area contributed by atoms with Gasteiger partial charge >= 0.3 is 0 Å². The molecule has 0 bridgehead atoms. The van der Waals surface area contributed by atoms with Gasteiger partial charge in [-0.15, -0.1) is 0 Å². The van der Waals surface area contributed by atoms with Crippen molar-refractivity contribution in [2.45, 2.75) is 32.7 Å². The Morgan fingerprint density at radius 2 is 2.29 bits per heavy atom. The number of imidazole rings is 1. The third-order valence-corrected chi connectivity index (χ3v) is 2.17. The number of hydrogen-bond donors (Lipinski definition) is 2. The van der Waals surface area contributed by atoms with Gasteiger partial charge in [-0.25, -0.2) is 4.98 Å². The van der Waals surface area contributed by atoms with Gasteiger partial charge in [0.2, 0.25) is 5.95 Å². The third-order valence-electron chi connectivity index (χ3n) is 2.17. The molecule has 0 amide bonds. The van der Waals surface area contributed by atoms with Crippen molar-refractivity contribution in [3.8, 4) is 0 Å². The van der Waals surface area contributed by atoms with E-state index in [1.807, 2.05) is 6.20 Å². The van der Waals surface area contributed by atoms with Gasteiger partial charge < -0.3 is 15.0 Å². The summed E-state index contributed by atoms with van der Waals surface area (Å²) in [7, 11) is 0. The molecule has 0 aromatic carbocycles. The summed E-state index contributed by atoms with van der Waals surface area (Å²) in [6.07, 6.45) is 6.81. The number of nitrogens with one attached hydrogen (secondary N) is 1. The van der Waals surface area contributed by atoms with Crippen LogP contribution in [0.25, 0.3) is 0 Å². The van der Waals surface area contributed by atoms with Gasteiger partial charge in [-0.3, -0.25) is 0 Å². The first-order valence-electron chi connectivity index (χ1n) is 5.24. The molecule has 2 N–H and O–H groups in total. The van der Waals surface area contributed by atoms with E-state index in [-0.39, 0.29) is 0 Å². The van der Waals surface area contributed by atoms with E-state index >= 15 is 0 Å². The molecule has 0 fully saturated rings. The smallest absolute Gasteiger partial charge is 0.202 e. The maximum Gasteiger partial charge on any atom is 0.202 e. The van der Waals surface area contributed by atoms with E-state index in [1.165, 1.54) is 0 Å². The summed E-state index contributed by atoms with van der Waals surface area (Å²) in [5, 5.41) is 11.9. The van der Waals surface area contributed by atoms with Gasteiger partial charge in [-0.2, -0.15) is 0 Å². The van der Waals surface area contributed by atoms with E-state index in [4.69, 9.17) is 5.11 Å². The molecule has 0 spiro atoms. The van der Waals surface area contributed by atoms with Crippen LogP contribution in [0.4, 0.5) is 5.95 Å². The molecule has 14 heavy (non-hydrogen) atoms. The van der Waals surface area contributed by atoms with Crippen molar-refractivity contribution >= 4 is 5.95 Å². The lowest BCUT2D eigenvalue weighted by atomic mass is 10.2. The summed E-state index contributed by atoms with van der Waals surface area (Å²) in [4.78, 5) is 4.21. The minimum absolute atomic E-state index is 0.295. The second kappa shape index (κ2) is 6.43. The molecule has 1 heterocycles. The summed E-state index contributed by atoms with van der Waals surface area (Å²) >= 11 is 0. The largest absolute Gasteiger partial charge is 0.396 e. The molecule has 0 radical (unpaired) electrons. The van der Waals surface area contributed by atoms with Crippen molar-refractivity contribution in [3.63, 3.8) is 0 Å². The van der Waals surface area contributed by atoms with Crippen molar-refractivity contribution in [1.29, 1.82) is 0 Å². The average Bonchev–Trinajstić information content (AvgIpc) is 2.65. The fraction of sp³-hybridized carbons (Fsp3) is 0.700. The summed E-state index contributed by atoms with van der Waals surface area (Å²) < 4.78 is 2.08. The Kier molecular flexibility index (Phi) is 5.07. The molecule has 1 aromatic rings. The third kappa shape index (κ3) is 3.38. The first kappa shape index (κ1) is 11.0. The molecule has 0 unspecified atom stereocenters. The number of rotatable bonds is 7. The predicted molar refractivity (Wildman–Crippen MR) is 57.3 cm³/mol. The van der Waals surface area contributed by atoms with Crippen molar-refractivity contribution in [2.24, 2.45) is 0 Å². The zero-order chi connectivity index (χ0) is 10.2. The van der Waals surface area contributed by atoms with E-state index in [9.17, 15) is 0 Å². The van der Waals surface area contributed by atoms with E-state index in [0.29, 0.717) is 6.61 Å². The van der Waals surface area contributed by atoms with Gasteiger partial charge in [0.15, 0.2) is 0 Å². The molecular formula is C10H19N3O. The molecule has 0 atom stereocenters. The zero-order valence-corrected chi connectivity index (χ0v) is 8.74. The van der Waals surface area contributed by atoms with E-state index < -0.39 is 0 Å². The molecule has 80 valence electrons. The lowest BCUT2D eigenvalue weighted by molar-refractivity contribution is 0.283. The summed E-state index contributed by atoms with van der Waals surface area (Å²) in [5.74, 6) is 0.941. The normalized spacial score (nSPS) is 10.4. The highest BCUT2D eigenvalue weighted by Crippen LogP contribution is 2.04. The lowest BCUT2D eigenvalue weighted by Gasteiger charge is -2.06. The zero-order valence-electron chi connectivity index (χ0n) is 8.74. The first-order valence-corrected chi connectivity index (χ1v) is 5.24. The maximum atomic E-state index is 8.59. The molecule has 4 nitrogen and oxygen atoms in total. The Hall–Kier alpha value is -1.03. The highest BCUT2D eigenvalue weighted by atomic mass is 16.2. The van der Waals surface area contributed by atoms with Gasteiger partial charge in [-0.1, -0.05) is 0 Å². The Morgan fingerprint density at radius 3 is 3.00 bits per heavy atom. The Morgan fingerprint density at radius 1 is 1.43 bits per heavy atom. The van der Waals surface area contributed by atoms with Crippen LogP contribution in [-0.2, 0) is 6.54 Å². The van der Waals surface area contributed by atoms with Crippen molar-refractivity contribution < 1.29 is 5.11 Å². The van der Waals surface area contributed by atoms with Gasteiger partial charge in [0.1, 0.15) is 0 Å². The summed E-state index contributed by atoms with van der Waals surface area (Å²) in [5.41, 5.74) is 0. The molecule has 0 aliphatic heterocycles. The number of aliphatic hydroxyl groups excluding tert-OH is 1. The topological polar surface area (TPSA) is 50.1 Å². The van der Waals surface area contributed by atoms with Crippen LogP contribution in [-0.4, -0.2) is 27.8 Å². The Bertz CT molecular complexity index is 247. The highest BCUT2D eigenvalue weighted by molar-refractivity contribution is 5.25. The quantitative estimate of drug-likeness (QED) is 0.651. The lowest BCUT2D eigenvalue weighted by Crippen LogP contribution is -2.07. The van der Waals surface area contributed by atoms with Crippen LogP contribution in [0.5, 0.6) is 0 Å². The first-order chi connectivity index (χ1) is 6.88. The predicted octanol–water partition coefficient (Wildman–Crippen LogP) is 1.48. The highest BCUT2D eigenvalue weighted by Gasteiger charge is 1.98. The van der Waals surface area contributed by atoms with Crippen molar-refractivity contribution in [3.05, 3.63) is 12.4 Å². The fourth-order valence-corrected chi connectivity index (χ4v) is 1.35. The van der Waals surface area contributed by atoms with Crippen molar-refractivity contribution in [2.75, 3.05) is 18.5 Å². The number of nitrogens with zero attached hydrogens (tertiary/aromatic N) is 2. The Labute approximate surface area is 85.0 Å². The van der Waals surface area contributed by atoms with Crippen LogP contribution in [0.3, 0.4) is 0 Å². The molecular weight excluding hydrogens is 178 g/mol. The van der Waals surface area contributed by atoms with Gasteiger partial charge in [0.25, 0.3) is 0 Å². The SMILES string of the molecule is CCn1ccnc1NCCCCCO. The van der Waals surface area contributed by atoms with Crippen LogP contribution in [0.2, 0.25) is 0 Å². The Balaban J connectivity index is 2.17. The van der Waals surface area contributed by atoms with Gasteiger partial charge in [0, 0.05) is 32.1 Å². The van der Waals surface area contributed by atoms with E-state index in [0.717, 1.165) is 38.3 Å². The van der Waals surface area contributed by atoms with Crippen LogP contribution in [0, 0.1) is 0 Å². The molecule has 0 aliphatic rings. The van der Waals surface area contributed by atoms with Gasteiger partial charge in [-0.05, 0) is 26.2 Å². The van der Waals surface area contributed by atoms with Gasteiger partial charge in [0.05, 0.1) is 0 Å². The van der Waals surface area contributed by atoms with E-state index in [2.05, 4.69) is 21.8 Å². The number of unbranched alkanes of at least 4 members (excludes halogenated alkanes) is 2. The van der Waals surface area contributed by atoms with Crippen LogP contribution >= 0.6 is 0 Å². The second-order valence-corrected chi connectivity index (χ2v) is 3.25. The molecule has 0 saturated carbocycles. The number of aromatic nitrogens is 2.